The average molecular weight is 470 g/mol. The Morgan fingerprint density at radius 2 is 2.18 bits per heavy atom. The molecule has 9 nitrogen and oxygen atoms in total. The highest BCUT2D eigenvalue weighted by Crippen LogP contribution is 2.57. The molecule has 4 amide bonds. The van der Waals surface area contributed by atoms with E-state index in [1.807, 2.05) is 6.07 Å². The summed E-state index contributed by atoms with van der Waals surface area (Å²) in [6, 6.07) is 4.93. The second-order valence-electron chi connectivity index (χ2n) is 10.5. The van der Waals surface area contributed by atoms with Gasteiger partial charge in [-0.25, -0.2) is 14.5 Å². The molecule has 0 bridgehead atoms. The van der Waals surface area contributed by atoms with Gasteiger partial charge in [-0.2, -0.15) is 0 Å². The molecule has 3 aliphatic carbocycles. The Hall–Kier alpha value is -2.65. The number of aryl methyl sites for hydroxylation is 1. The molecular formula is C25H31N3O6. The van der Waals surface area contributed by atoms with Gasteiger partial charge in [0.15, 0.2) is 0 Å². The number of nitrogens with zero attached hydrogens (tertiary/aromatic N) is 1. The number of hydrogen-bond acceptors (Lipinski definition) is 6. The highest BCUT2D eigenvalue weighted by molar-refractivity contribution is 6.04. The molecule has 4 fully saturated rings. The number of amides is 4. The summed E-state index contributed by atoms with van der Waals surface area (Å²) in [4.78, 5) is 38.9. The zero-order valence-electron chi connectivity index (χ0n) is 19.3. The third-order valence-electron chi connectivity index (χ3n) is 8.82. The molecule has 2 saturated heterocycles. The molecule has 2 heterocycles. The van der Waals surface area contributed by atoms with E-state index in [2.05, 4.69) is 10.6 Å². The Balaban J connectivity index is 1.13. The number of rotatable bonds is 5. The second kappa shape index (κ2) is 7.95. The molecule has 6 rings (SSSR count). The van der Waals surface area contributed by atoms with Gasteiger partial charge in [-0.1, -0.05) is 6.07 Å². The van der Waals surface area contributed by atoms with Crippen LogP contribution in [0.4, 0.5) is 15.3 Å². The minimum atomic E-state index is -1.34. The fourth-order valence-corrected chi connectivity index (χ4v) is 7.15. The third-order valence-corrected chi connectivity index (χ3v) is 8.82. The average Bonchev–Trinajstić information content (AvgIpc) is 3.42. The first-order valence-electron chi connectivity index (χ1n) is 12.4. The van der Waals surface area contributed by atoms with E-state index in [0.717, 1.165) is 36.3 Å². The molecule has 1 spiro atoms. The number of carbonyl (C=O) groups is 3. The van der Waals surface area contributed by atoms with Crippen molar-refractivity contribution in [3.05, 3.63) is 29.3 Å². The van der Waals surface area contributed by atoms with Crippen LogP contribution in [-0.4, -0.2) is 60.4 Å². The van der Waals surface area contributed by atoms with E-state index in [-0.39, 0.29) is 12.6 Å². The van der Waals surface area contributed by atoms with E-state index in [9.17, 15) is 19.5 Å². The number of imide groups is 1. The lowest BCUT2D eigenvalue weighted by molar-refractivity contribution is -0.138. The number of hydrogen-bond donors (Lipinski definition) is 3. The number of urea groups is 1. The van der Waals surface area contributed by atoms with Crippen molar-refractivity contribution < 1.29 is 29.0 Å². The molecule has 2 aliphatic heterocycles. The van der Waals surface area contributed by atoms with Crippen LogP contribution in [0.15, 0.2) is 18.2 Å². The number of ether oxygens (including phenoxy) is 2. The van der Waals surface area contributed by atoms with Crippen LogP contribution in [0.25, 0.3) is 0 Å². The molecule has 0 aromatic heterocycles. The smallest absolute Gasteiger partial charge is 0.418 e. The topological polar surface area (TPSA) is 117 Å². The predicted octanol–water partition coefficient (Wildman–Crippen LogP) is 2.37. The van der Waals surface area contributed by atoms with Gasteiger partial charge < -0.3 is 25.2 Å². The minimum Gasteiger partial charge on any atom is -0.427 e. The molecule has 0 radical (unpaired) electrons. The summed E-state index contributed by atoms with van der Waals surface area (Å²) in [7, 11) is 1.54. The van der Waals surface area contributed by atoms with Crippen molar-refractivity contribution >= 4 is 23.7 Å². The van der Waals surface area contributed by atoms with Crippen LogP contribution < -0.4 is 10.6 Å². The van der Waals surface area contributed by atoms with Gasteiger partial charge in [0, 0.05) is 24.7 Å². The molecule has 5 unspecified atom stereocenters. The summed E-state index contributed by atoms with van der Waals surface area (Å²) >= 11 is 0. The Bertz CT molecular complexity index is 1050. The van der Waals surface area contributed by atoms with E-state index in [4.69, 9.17) is 9.47 Å². The van der Waals surface area contributed by atoms with Crippen molar-refractivity contribution in [2.45, 2.75) is 56.3 Å². The first-order chi connectivity index (χ1) is 16.4. The third kappa shape index (κ3) is 3.24. The number of nitrogens with one attached hydrogen (secondary N) is 2. The minimum absolute atomic E-state index is 0.0394. The maximum absolute atomic E-state index is 13.4. The molecule has 2 saturated carbocycles. The van der Waals surface area contributed by atoms with Gasteiger partial charge in [0.2, 0.25) is 5.60 Å². The Morgan fingerprint density at radius 3 is 3.00 bits per heavy atom. The number of aliphatic hydroxyl groups excluding tert-OH is 1. The van der Waals surface area contributed by atoms with Crippen LogP contribution in [-0.2, 0) is 26.3 Å². The maximum atomic E-state index is 13.4. The van der Waals surface area contributed by atoms with Crippen LogP contribution in [0.3, 0.4) is 0 Å². The zero-order valence-corrected chi connectivity index (χ0v) is 19.3. The summed E-state index contributed by atoms with van der Waals surface area (Å²) in [6.07, 6.45) is 3.73. The van der Waals surface area contributed by atoms with Gasteiger partial charge in [0.1, 0.15) is 0 Å². The Morgan fingerprint density at radius 1 is 1.32 bits per heavy atom. The highest BCUT2D eigenvalue weighted by atomic mass is 16.6. The first-order valence-corrected chi connectivity index (χ1v) is 12.4. The van der Waals surface area contributed by atoms with Crippen LogP contribution in [0.2, 0.25) is 0 Å². The van der Waals surface area contributed by atoms with Crippen LogP contribution >= 0.6 is 0 Å². The molecule has 9 heteroatoms. The second-order valence-corrected chi connectivity index (χ2v) is 10.5. The molecule has 5 aliphatic rings. The zero-order chi connectivity index (χ0) is 23.6. The summed E-state index contributed by atoms with van der Waals surface area (Å²) in [5, 5.41) is 16.1. The molecule has 182 valence electrons. The maximum Gasteiger partial charge on any atom is 0.418 e. The number of carbonyl (C=O) groups excluding carboxylic acids is 3. The number of fused-ring (bicyclic) bond motifs is 2. The number of β-amino-alcohol motifs (C(OH)–C–C–N with tert-alkyl or cyclic N) is 1. The monoisotopic (exact) mass is 469 g/mol. The Kier molecular flexibility index (Phi) is 5.11. The summed E-state index contributed by atoms with van der Waals surface area (Å²) in [6.45, 7) is 0.838. The summed E-state index contributed by atoms with van der Waals surface area (Å²) in [5.41, 5.74) is 0.802. The predicted molar refractivity (Wildman–Crippen MR) is 121 cm³/mol. The van der Waals surface area contributed by atoms with Gasteiger partial charge in [0.25, 0.3) is 5.91 Å². The van der Waals surface area contributed by atoms with E-state index in [0.29, 0.717) is 60.3 Å². The molecule has 34 heavy (non-hydrogen) atoms. The van der Waals surface area contributed by atoms with Crippen LogP contribution in [0.5, 0.6) is 0 Å². The Labute approximate surface area is 198 Å². The van der Waals surface area contributed by atoms with Crippen molar-refractivity contribution in [2.75, 3.05) is 25.5 Å². The van der Waals surface area contributed by atoms with Crippen LogP contribution in [0, 0.1) is 23.7 Å². The summed E-state index contributed by atoms with van der Waals surface area (Å²) < 4.78 is 11.6. The van der Waals surface area contributed by atoms with E-state index in [1.54, 1.807) is 12.1 Å². The van der Waals surface area contributed by atoms with E-state index < -0.39 is 23.7 Å². The van der Waals surface area contributed by atoms with Gasteiger partial charge in [0.05, 0.1) is 25.4 Å². The van der Waals surface area contributed by atoms with Gasteiger partial charge >= 0.3 is 12.1 Å². The van der Waals surface area contributed by atoms with Crippen molar-refractivity contribution in [3.63, 3.8) is 0 Å². The lowest BCUT2D eigenvalue weighted by Gasteiger charge is -2.50. The molecule has 7 atom stereocenters. The van der Waals surface area contributed by atoms with Crippen molar-refractivity contribution in [1.82, 2.24) is 10.2 Å². The van der Waals surface area contributed by atoms with Gasteiger partial charge in [-0.15, -0.1) is 0 Å². The van der Waals surface area contributed by atoms with Gasteiger partial charge in [-0.05, 0) is 73.5 Å². The molecule has 1 aromatic carbocycles. The number of benzene rings is 1. The fourth-order valence-electron chi connectivity index (χ4n) is 7.15. The fraction of sp³-hybridized carbons (Fsp3) is 0.640. The molecule has 3 N–H and O–H groups in total. The summed E-state index contributed by atoms with van der Waals surface area (Å²) in [5.74, 6) is 1.90. The molecule has 1 aromatic rings. The standard InChI is InChI=1S/C25H31N3O6/c1-26-23(31)27-16-4-5-19-14(8-16)6-7-25(19)22(30)28(24(32)34-25)11-17(29)9-13-2-3-15-12-33-20-10-18(13)21(15)20/h4-5,8,13,15,17-18,20-21,29H,2-3,6-7,9-12H2,1H3,(H2,26,27,31)/t13?,15?,17?,18?,20-,21?,25-/m1/s1. The van der Waals surface area contributed by atoms with Crippen LogP contribution in [0.1, 0.15) is 43.2 Å². The normalized spacial score (nSPS) is 36.1. The molecular weight excluding hydrogens is 438 g/mol. The number of anilines is 1. The SMILES string of the molecule is CNC(=O)Nc1ccc2c(c1)CC[C@@]21OC(=O)N(CC(O)CC2CCC3CO[C@@H]4CC2C34)C1=O. The van der Waals surface area contributed by atoms with Gasteiger partial charge in [-0.3, -0.25) is 4.79 Å². The van der Waals surface area contributed by atoms with Crippen molar-refractivity contribution in [3.8, 4) is 0 Å². The van der Waals surface area contributed by atoms with Crippen molar-refractivity contribution in [1.29, 1.82) is 0 Å². The largest absolute Gasteiger partial charge is 0.427 e. The quantitative estimate of drug-likeness (QED) is 0.610. The number of aliphatic hydroxyl groups is 1. The highest BCUT2D eigenvalue weighted by Gasteiger charge is 2.59. The lowest BCUT2D eigenvalue weighted by atomic mass is 9.55. The first kappa shape index (κ1) is 21.9. The van der Waals surface area contributed by atoms with Crippen molar-refractivity contribution in [2.24, 2.45) is 23.7 Å². The van der Waals surface area contributed by atoms with E-state index >= 15 is 0 Å². The lowest BCUT2D eigenvalue weighted by Crippen LogP contribution is -2.49. The van der Waals surface area contributed by atoms with E-state index in [1.165, 1.54) is 7.05 Å².